The Hall–Kier alpha value is -1.63. The van der Waals surface area contributed by atoms with Crippen LogP contribution in [-0.2, 0) is 11.3 Å². The maximum atomic E-state index is 11.4. The van der Waals surface area contributed by atoms with Crippen molar-refractivity contribution in [2.45, 2.75) is 38.8 Å². The van der Waals surface area contributed by atoms with Gasteiger partial charge in [-0.1, -0.05) is 5.21 Å². The third-order valence-electron chi connectivity index (χ3n) is 3.68. The smallest absolute Gasteiger partial charge is 0.261 e. The van der Waals surface area contributed by atoms with Crippen molar-refractivity contribution in [3.8, 4) is 5.75 Å². The standard InChI is InChI=1S/C14H17BrN4O2/c1-14(2,13(16)20)21-10-6-5-9-12(11(10)15)17-18-19(9)7-8-3-4-8/h5-6,8H,3-4,7H2,1-2H3,(H2,16,20). The number of carbonyl (C=O) groups excluding carboxylic acids is 1. The molecule has 1 aromatic carbocycles. The van der Waals surface area contributed by atoms with Crippen LogP contribution in [-0.4, -0.2) is 26.5 Å². The molecule has 3 rings (SSSR count). The first kappa shape index (κ1) is 14.3. The molecule has 0 bridgehead atoms. The summed E-state index contributed by atoms with van der Waals surface area (Å²) < 4.78 is 8.31. The number of hydrogen-bond acceptors (Lipinski definition) is 4. The zero-order valence-electron chi connectivity index (χ0n) is 12.0. The molecule has 21 heavy (non-hydrogen) atoms. The van der Waals surface area contributed by atoms with Gasteiger partial charge in [0.2, 0.25) is 0 Å². The number of rotatable bonds is 5. The van der Waals surface area contributed by atoms with Gasteiger partial charge in [-0.15, -0.1) is 5.10 Å². The van der Waals surface area contributed by atoms with Crippen molar-refractivity contribution in [1.29, 1.82) is 0 Å². The van der Waals surface area contributed by atoms with Crippen LogP contribution in [0, 0.1) is 5.92 Å². The number of hydrogen-bond donors (Lipinski definition) is 1. The first-order chi connectivity index (χ1) is 9.88. The number of fused-ring (bicyclic) bond motifs is 1. The van der Waals surface area contributed by atoms with Crippen molar-refractivity contribution in [3.05, 3.63) is 16.6 Å². The molecule has 112 valence electrons. The number of ether oxygens (including phenoxy) is 1. The van der Waals surface area contributed by atoms with Crippen LogP contribution in [0.4, 0.5) is 0 Å². The zero-order chi connectivity index (χ0) is 15.2. The third-order valence-corrected chi connectivity index (χ3v) is 4.44. The lowest BCUT2D eigenvalue weighted by Gasteiger charge is -2.23. The van der Waals surface area contributed by atoms with E-state index in [0.29, 0.717) is 10.2 Å². The predicted octanol–water partition coefficient (Wildman–Crippen LogP) is 2.25. The van der Waals surface area contributed by atoms with Gasteiger partial charge in [0, 0.05) is 6.54 Å². The number of nitrogens with two attached hydrogens (primary N) is 1. The molecule has 0 saturated heterocycles. The minimum absolute atomic E-state index is 0.521. The molecule has 1 saturated carbocycles. The summed E-state index contributed by atoms with van der Waals surface area (Å²) >= 11 is 3.49. The van der Waals surface area contributed by atoms with Crippen LogP contribution in [0.25, 0.3) is 11.0 Å². The van der Waals surface area contributed by atoms with Gasteiger partial charge in [0.25, 0.3) is 5.91 Å². The van der Waals surface area contributed by atoms with E-state index in [2.05, 4.69) is 26.2 Å². The number of halogens is 1. The highest BCUT2D eigenvalue weighted by Gasteiger charge is 2.29. The van der Waals surface area contributed by atoms with E-state index in [1.807, 2.05) is 16.8 Å². The largest absolute Gasteiger partial charge is 0.477 e. The number of aromatic nitrogens is 3. The summed E-state index contributed by atoms with van der Waals surface area (Å²) in [6, 6.07) is 3.72. The molecule has 7 heteroatoms. The Morgan fingerprint density at radius 2 is 2.24 bits per heavy atom. The molecule has 1 aliphatic rings. The highest BCUT2D eigenvalue weighted by molar-refractivity contribution is 9.10. The van der Waals surface area contributed by atoms with Crippen LogP contribution in [0.15, 0.2) is 16.6 Å². The van der Waals surface area contributed by atoms with E-state index < -0.39 is 11.5 Å². The van der Waals surface area contributed by atoms with E-state index in [0.717, 1.165) is 23.5 Å². The summed E-state index contributed by atoms with van der Waals surface area (Å²) in [6.45, 7) is 4.17. The van der Waals surface area contributed by atoms with Gasteiger partial charge in [-0.2, -0.15) is 0 Å². The van der Waals surface area contributed by atoms with Crippen LogP contribution in [0.1, 0.15) is 26.7 Å². The minimum atomic E-state index is -1.08. The average molecular weight is 353 g/mol. The maximum absolute atomic E-state index is 11.4. The summed E-state index contributed by atoms with van der Waals surface area (Å²) in [4.78, 5) is 11.4. The van der Waals surface area contributed by atoms with Crippen molar-refractivity contribution >= 4 is 32.9 Å². The fourth-order valence-electron chi connectivity index (χ4n) is 2.07. The van der Waals surface area contributed by atoms with Gasteiger partial charge < -0.3 is 10.5 Å². The van der Waals surface area contributed by atoms with Gasteiger partial charge in [-0.05, 0) is 60.7 Å². The monoisotopic (exact) mass is 352 g/mol. The van der Waals surface area contributed by atoms with E-state index in [1.54, 1.807) is 13.8 Å². The normalized spacial score (nSPS) is 15.4. The zero-order valence-corrected chi connectivity index (χ0v) is 13.6. The number of benzene rings is 1. The molecule has 2 aromatic rings. The highest BCUT2D eigenvalue weighted by Crippen LogP contribution is 2.36. The lowest BCUT2D eigenvalue weighted by Crippen LogP contribution is -2.43. The van der Waals surface area contributed by atoms with Gasteiger partial charge >= 0.3 is 0 Å². The first-order valence-corrected chi connectivity index (χ1v) is 7.68. The van der Waals surface area contributed by atoms with E-state index >= 15 is 0 Å². The second kappa shape index (κ2) is 4.98. The number of carbonyl (C=O) groups is 1. The number of nitrogens with zero attached hydrogens (tertiary/aromatic N) is 3. The SMILES string of the molecule is CC(C)(Oc1ccc2c(nnn2CC2CC2)c1Br)C(N)=O. The van der Waals surface area contributed by atoms with Crippen LogP contribution in [0.3, 0.4) is 0 Å². The molecular formula is C14H17BrN4O2. The fourth-order valence-corrected chi connectivity index (χ4v) is 2.57. The van der Waals surface area contributed by atoms with Crippen LogP contribution in [0.5, 0.6) is 5.75 Å². The van der Waals surface area contributed by atoms with Gasteiger partial charge in [0.15, 0.2) is 5.60 Å². The summed E-state index contributed by atoms with van der Waals surface area (Å²) in [5.41, 5.74) is 5.94. The molecule has 1 fully saturated rings. The Morgan fingerprint density at radius 3 is 2.86 bits per heavy atom. The Labute approximate surface area is 130 Å². The van der Waals surface area contributed by atoms with Crippen molar-refractivity contribution in [1.82, 2.24) is 15.0 Å². The quantitative estimate of drug-likeness (QED) is 0.894. The third kappa shape index (κ3) is 2.74. The van der Waals surface area contributed by atoms with E-state index in [1.165, 1.54) is 12.8 Å². The Morgan fingerprint density at radius 1 is 1.52 bits per heavy atom. The minimum Gasteiger partial charge on any atom is -0.477 e. The predicted molar refractivity (Wildman–Crippen MR) is 81.9 cm³/mol. The molecule has 1 aromatic heterocycles. The molecule has 1 aliphatic carbocycles. The fraction of sp³-hybridized carbons (Fsp3) is 0.500. The molecule has 1 heterocycles. The second-order valence-corrected chi connectivity index (χ2v) is 6.73. The molecular weight excluding hydrogens is 336 g/mol. The van der Waals surface area contributed by atoms with E-state index in [9.17, 15) is 4.79 Å². The van der Waals surface area contributed by atoms with Crippen LogP contribution < -0.4 is 10.5 Å². The lowest BCUT2D eigenvalue weighted by molar-refractivity contribution is -0.130. The lowest BCUT2D eigenvalue weighted by atomic mass is 10.1. The van der Waals surface area contributed by atoms with Crippen molar-refractivity contribution < 1.29 is 9.53 Å². The number of amides is 1. The molecule has 0 radical (unpaired) electrons. The van der Waals surface area contributed by atoms with Crippen molar-refractivity contribution in [3.63, 3.8) is 0 Å². The Bertz CT molecular complexity index is 706. The van der Waals surface area contributed by atoms with Gasteiger partial charge in [-0.3, -0.25) is 4.79 Å². The second-order valence-electron chi connectivity index (χ2n) is 5.94. The van der Waals surface area contributed by atoms with Crippen molar-refractivity contribution in [2.75, 3.05) is 0 Å². The average Bonchev–Trinajstić information content (AvgIpc) is 3.12. The molecule has 6 nitrogen and oxygen atoms in total. The van der Waals surface area contributed by atoms with Crippen LogP contribution in [0.2, 0.25) is 0 Å². The van der Waals surface area contributed by atoms with E-state index in [4.69, 9.17) is 10.5 Å². The Balaban J connectivity index is 1.95. The molecule has 0 unspecified atom stereocenters. The number of primary amides is 1. The van der Waals surface area contributed by atoms with Gasteiger partial charge in [-0.25, -0.2) is 4.68 Å². The van der Waals surface area contributed by atoms with Gasteiger partial charge in [0.1, 0.15) is 11.3 Å². The summed E-state index contributed by atoms with van der Waals surface area (Å²) in [7, 11) is 0. The van der Waals surface area contributed by atoms with Crippen molar-refractivity contribution in [2.24, 2.45) is 11.7 Å². The maximum Gasteiger partial charge on any atom is 0.261 e. The molecule has 0 spiro atoms. The molecule has 0 atom stereocenters. The summed E-state index contributed by atoms with van der Waals surface area (Å²) in [6.07, 6.45) is 2.52. The Kier molecular flexibility index (Phi) is 3.39. The topological polar surface area (TPSA) is 83.0 Å². The summed E-state index contributed by atoms with van der Waals surface area (Å²) in [5.74, 6) is 0.732. The van der Waals surface area contributed by atoms with E-state index in [-0.39, 0.29) is 0 Å². The van der Waals surface area contributed by atoms with Crippen LogP contribution >= 0.6 is 15.9 Å². The summed E-state index contributed by atoms with van der Waals surface area (Å²) in [5, 5.41) is 8.40. The van der Waals surface area contributed by atoms with Gasteiger partial charge in [0.05, 0.1) is 9.99 Å². The first-order valence-electron chi connectivity index (χ1n) is 6.89. The molecule has 2 N–H and O–H groups in total. The molecule has 0 aliphatic heterocycles. The molecule has 1 amide bonds. The highest BCUT2D eigenvalue weighted by atomic mass is 79.9.